The molecule has 1 aliphatic heterocycles. The molecule has 0 bridgehead atoms. The number of hydrogen-bond acceptors (Lipinski definition) is 6. The molecule has 0 spiro atoms. The van der Waals surface area contributed by atoms with Crippen molar-refractivity contribution < 1.29 is 19.1 Å². The summed E-state index contributed by atoms with van der Waals surface area (Å²) in [7, 11) is 0. The molecule has 0 radical (unpaired) electrons. The van der Waals surface area contributed by atoms with Crippen molar-refractivity contribution in [2.75, 3.05) is 26.3 Å². The molecule has 1 fully saturated rings. The Labute approximate surface area is 175 Å². The van der Waals surface area contributed by atoms with Crippen molar-refractivity contribution in [3.8, 4) is 11.5 Å². The summed E-state index contributed by atoms with van der Waals surface area (Å²) in [4.78, 5) is 30.1. The van der Waals surface area contributed by atoms with Gasteiger partial charge in [0.15, 0.2) is 18.1 Å². The molecule has 1 saturated heterocycles. The van der Waals surface area contributed by atoms with Crippen LogP contribution in [-0.4, -0.2) is 54.2 Å². The Morgan fingerprint density at radius 2 is 1.97 bits per heavy atom. The van der Waals surface area contributed by atoms with Crippen LogP contribution in [0.15, 0.2) is 47.7 Å². The Hall–Kier alpha value is -3.42. The van der Waals surface area contributed by atoms with Crippen LogP contribution in [0.25, 0.3) is 0 Å². The van der Waals surface area contributed by atoms with Gasteiger partial charge < -0.3 is 14.4 Å². The second-order valence-corrected chi connectivity index (χ2v) is 6.78. The number of hydrogen-bond donors (Lipinski definition) is 1. The maximum absolute atomic E-state index is 12.3. The summed E-state index contributed by atoms with van der Waals surface area (Å²) in [5.41, 5.74) is 3.44. The molecular weight excluding hydrogens is 384 g/mol. The van der Waals surface area contributed by atoms with Gasteiger partial charge in [-0.05, 0) is 62.1 Å². The van der Waals surface area contributed by atoms with Crippen LogP contribution in [0.5, 0.6) is 11.5 Å². The van der Waals surface area contributed by atoms with Gasteiger partial charge in [0.05, 0.1) is 12.8 Å². The number of rotatable bonds is 8. The minimum atomic E-state index is -0.395. The third kappa shape index (κ3) is 6.04. The zero-order chi connectivity index (χ0) is 21.2. The summed E-state index contributed by atoms with van der Waals surface area (Å²) in [6.07, 6.45) is 6.31. The summed E-state index contributed by atoms with van der Waals surface area (Å²) < 4.78 is 11.4. The van der Waals surface area contributed by atoms with E-state index >= 15 is 0 Å². The zero-order valence-corrected chi connectivity index (χ0v) is 17.0. The minimum absolute atomic E-state index is 0.0139. The monoisotopic (exact) mass is 410 g/mol. The normalized spacial score (nSPS) is 13.8. The standard InChI is InChI=1S/C22H26N4O4/c1-2-29-20-14-17(15-24-25-22(28)18-8-4-5-11-23-18)9-10-19(20)30-16-21(27)26-12-6-3-7-13-26/h4-5,8-11,14-15H,2-3,6-7,12-13,16H2,1H3,(H,25,28)/b24-15-. The van der Waals surface area contributed by atoms with Crippen molar-refractivity contribution in [1.82, 2.24) is 15.3 Å². The van der Waals surface area contributed by atoms with Gasteiger partial charge in [-0.15, -0.1) is 0 Å². The van der Waals surface area contributed by atoms with Crippen LogP contribution in [0.4, 0.5) is 0 Å². The molecule has 3 rings (SSSR count). The van der Waals surface area contributed by atoms with E-state index in [-0.39, 0.29) is 18.2 Å². The van der Waals surface area contributed by atoms with E-state index in [0.29, 0.717) is 18.1 Å². The molecule has 30 heavy (non-hydrogen) atoms. The van der Waals surface area contributed by atoms with Crippen LogP contribution in [0.3, 0.4) is 0 Å². The molecule has 2 heterocycles. The number of amides is 2. The second-order valence-electron chi connectivity index (χ2n) is 6.78. The van der Waals surface area contributed by atoms with Gasteiger partial charge in [0, 0.05) is 19.3 Å². The lowest BCUT2D eigenvalue weighted by molar-refractivity contribution is -0.134. The first kappa shape index (κ1) is 21.3. The average molecular weight is 410 g/mol. The highest BCUT2D eigenvalue weighted by atomic mass is 16.5. The van der Waals surface area contributed by atoms with Crippen molar-refractivity contribution >= 4 is 18.0 Å². The summed E-state index contributed by atoms with van der Waals surface area (Å²) in [6.45, 7) is 3.89. The number of likely N-dealkylation sites (tertiary alicyclic amines) is 1. The fourth-order valence-electron chi connectivity index (χ4n) is 3.09. The Balaban J connectivity index is 1.59. The van der Waals surface area contributed by atoms with Gasteiger partial charge in [-0.3, -0.25) is 14.6 Å². The Morgan fingerprint density at radius 1 is 1.13 bits per heavy atom. The predicted octanol–water partition coefficient (Wildman–Crippen LogP) is 2.64. The molecule has 1 aromatic heterocycles. The van der Waals surface area contributed by atoms with Crippen LogP contribution in [0, 0.1) is 0 Å². The Bertz CT molecular complexity index is 880. The van der Waals surface area contributed by atoms with E-state index in [2.05, 4.69) is 15.5 Å². The quantitative estimate of drug-likeness (QED) is 0.533. The number of nitrogens with zero attached hydrogens (tertiary/aromatic N) is 3. The zero-order valence-electron chi connectivity index (χ0n) is 17.0. The number of pyridine rings is 1. The lowest BCUT2D eigenvalue weighted by atomic mass is 10.1. The summed E-state index contributed by atoms with van der Waals surface area (Å²) >= 11 is 0. The third-order valence-corrected chi connectivity index (χ3v) is 4.60. The molecular formula is C22H26N4O4. The Morgan fingerprint density at radius 3 is 2.70 bits per heavy atom. The molecule has 0 aliphatic carbocycles. The van der Waals surface area contributed by atoms with Crippen molar-refractivity contribution in [2.45, 2.75) is 26.2 Å². The molecule has 8 nitrogen and oxygen atoms in total. The molecule has 0 saturated carbocycles. The lowest BCUT2D eigenvalue weighted by Crippen LogP contribution is -2.38. The van der Waals surface area contributed by atoms with Gasteiger partial charge in [-0.2, -0.15) is 5.10 Å². The number of carbonyl (C=O) groups excluding carboxylic acids is 2. The van der Waals surface area contributed by atoms with E-state index in [1.807, 2.05) is 11.8 Å². The number of carbonyl (C=O) groups is 2. The van der Waals surface area contributed by atoms with Gasteiger partial charge in [0.2, 0.25) is 0 Å². The summed E-state index contributed by atoms with van der Waals surface area (Å²) in [5.74, 6) is 0.605. The summed E-state index contributed by atoms with van der Waals surface area (Å²) in [5, 5.41) is 3.96. The molecule has 0 atom stereocenters. The highest BCUT2D eigenvalue weighted by Gasteiger charge is 2.17. The van der Waals surface area contributed by atoms with Crippen LogP contribution in [0.2, 0.25) is 0 Å². The van der Waals surface area contributed by atoms with E-state index < -0.39 is 5.91 Å². The molecule has 1 aliphatic rings. The van der Waals surface area contributed by atoms with Crippen LogP contribution >= 0.6 is 0 Å². The van der Waals surface area contributed by atoms with Gasteiger partial charge >= 0.3 is 0 Å². The van der Waals surface area contributed by atoms with Crippen LogP contribution < -0.4 is 14.9 Å². The van der Waals surface area contributed by atoms with Gasteiger partial charge in [-0.25, -0.2) is 5.43 Å². The summed E-state index contributed by atoms with van der Waals surface area (Å²) in [6, 6.07) is 10.3. The van der Waals surface area contributed by atoms with E-state index in [9.17, 15) is 9.59 Å². The molecule has 1 aromatic carbocycles. The number of nitrogens with one attached hydrogen (secondary N) is 1. The van der Waals surface area contributed by atoms with E-state index in [4.69, 9.17) is 9.47 Å². The third-order valence-electron chi connectivity index (χ3n) is 4.60. The molecule has 2 aromatic rings. The molecule has 0 unspecified atom stereocenters. The van der Waals surface area contributed by atoms with Gasteiger partial charge in [-0.1, -0.05) is 6.07 Å². The largest absolute Gasteiger partial charge is 0.490 e. The van der Waals surface area contributed by atoms with E-state index in [1.165, 1.54) is 12.6 Å². The number of piperidine rings is 1. The maximum Gasteiger partial charge on any atom is 0.289 e. The fraction of sp³-hybridized carbons (Fsp3) is 0.364. The predicted molar refractivity (Wildman–Crippen MR) is 113 cm³/mol. The second kappa shape index (κ2) is 10.9. The average Bonchev–Trinajstić information content (AvgIpc) is 2.79. The first-order valence-electron chi connectivity index (χ1n) is 10.1. The topological polar surface area (TPSA) is 93.1 Å². The number of hydrazone groups is 1. The van der Waals surface area contributed by atoms with Gasteiger partial charge in [0.1, 0.15) is 5.69 Å². The molecule has 8 heteroatoms. The van der Waals surface area contributed by atoms with Crippen molar-refractivity contribution in [3.05, 3.63) is 53.9 Å². The number of benzene rings is 1. The SMILES string of the molecule is CCOc1cc(/C=N\NC(=O)c2ccccn2)ccc1OCC(=O)N1CCCCC1. The van der Waals surface area contributed by atoms with Crippen LogP contribution in [-0.2, 0) is 4.79 Å². The first-order chi connectivity index (χ1) is 14.7. The highest BCUT2D eigenvalue weighted by molar-refractivity contribution is 5.93. The number of aromatic nitrogens is 1. The molecule has 2 amide bonds. The smallest absolute Gasteiger partial charge is 0.289 e. The minimum Gasteiger partial charge on any atom is -0.490 e. The number of ether oxygens (including phenoxy) is 2. The fourth-order valence-corrected chi connectivity index (χ4v) is 3.09. The van der Waals surface area contributed by atoms with Gasteiger partial charge in [0.25, 0.3) is 11.8 Å². The lowest BCUT2D eigenvalue weighted by Gasteiger charge is -2.26. The highest BCUT2D eigenvalue weighted by Crippen LogP contribution is 2.28. The van der Waals surface area contributed by atoms with Crippen molar-refractivity contribution in [2.24, 2.45) is 5.10 Å². The van der Waals surface area contributed by atoms with Crippen LogP contribution in [0.1, 0.15) is 42.2 Å². The maximum atomic E-state index is 12.3. The van der Waals surface area contributed by atoms with E-state index in [0.717, 1.165) is 31.5 Å². The molecule has 1 N–H and O–H groups in total. The van der Waals surface area contributed by atoms with Crippen molar-refractivity contribution in [1.29, 1.82) is 0 Å². The molecule has 158 valence electrons. The Kier molecular flexibility index (Phi) is 7.77. The van der Waals surface area contributed by atoms with Crippen molar-refractivity contribution in [3.63, 3.8) is 0 Å². The first-order valence-corrected chi connectivity index (χ1v) is 10.1. The van der Waals surface area contributed by atoms with E-state index in [1.54, 1.807) is 42.6 Å².